The van der Waals surface area contributed by atoms with Crippen molar-refractivity contribution >= 4 is 20.2 Å². The number of halogens is 6. The molecule has 0 aliphatic heterocycles. The molecule has 0 heterocycles. The minimum atomic E-state index is -6.09. The molecule has 0 saturated heterocycles. The minimum absolute atomic E-state index is 0. The van der Waals surface area contributed by atoms with Crippen LogP contribution in [0.5, 0.6) is 0 Å². The van der Waals surface area contributed by atoms with E-state index in [4.69, 9.17) is 25.9 Å². The van der Waals surface area contributed by atoms with Crippen LogP contribution in [0.1, 0.15) is 0 Å². The van der Waals surface area contributed by atoms with Gasteiger partial charge in [0.15, 0.2) is 20.2 Å². The molecule has 0 rings (SSSR count). The fraction of sp³-hybridized carbons (Fsp3) is 1.00. The van der Waals surface area contributed by atoms with Gasteiger partial charge in [-0.25, -0.2) is 16.8 Å². The van der Waals surface area contributed by atoms with Crippen LogP contribution >= 0.6 is 0 Å². The van der Waals surface area contributed by atoms with Crippen LogP contribution in [0.15, 0.2) is 0 Å². The third kappa shape index (κ3) is 9.94. The van der Waals surface area contributed by atoms with Crippen molar-refractivity contribution in [2.24, 2.45) is 0 Å². The molecule has 0 unspecified atom stereocenters. The first kappa shape index (κ1) is 22.5. The summed E-state index contributed by atoms with van der Waals surface area (Å²) in [4.78, 5) is 0. The summed E-state index contributed by atoms with van der Waals surface area (Å²) >= 11 is 0. The Kier molecular flexibility index (Phi) is 8.52. The summed E-state index contributed by atoms with van der Waals surface area (Å²) in [6, 6.07) is 0. The van der Waals surface area contributed by atoms with Gasteiger partial charge < -0.3 is 9.11 Å². The second-order valence-electron chi connectivity index (χ2n) is 1.80. The topological polar surface area (TPSA) is 114 Å². The van der Waals surface area contributed by atoms with Crippen molar-refractivity contribution in [1.29, 1.82) is 0 Å². The Morgan fingerprint density at radius 1 is 0.647 bits per heavy atom. The first-order valence-corrected chi connectivity index (χ1v) is 5.36. The third-order valence-electron chi connectivity index (χ3n) is 0.567. The van der Waals surface area contributed by atoms with Crippen LogP contribution in [0.3, 0.4) is 0 Å². The van der Waals surface area contributed by atoms with Crippen molar-refractivity contribution in [3.05, 3.63) is 0 Å². The standard InChI is InChI=1S/2CHF3O3S.Zr/c2*2-1(3,4)8(5,6)7;/h2*(H,5,6,7);/q;;+2/p-2. The van der Waals surface area contributed by atoms with E-state index in [1.54, 1.807) is 0 Å². The normalized spacial score (nSPS) is 13.2. The van der Waals surface area contributed by atoms with Gasteiger partial charge in [0, 0.05) is 0 Å². The molecule has 15 heteroatoms. The molecule has 0 aliphatic carbocycles. The van der Waals surface area contributed by atoms with E-state index in [0.717, 1.165) is 0 Å². The maximum atomic E-state index is 10.7. The van der Waals surface area contributed by atoms with E-state index in [2.05, 4.69) is 0 Å². The van der Waals surface area contributed by atoms with Crippen molar-refractivity contribution in [3.63, 3.8) is 0 Å². The molecule has 102 valence electrons. The molecule has 0 radical (unpaired) electrons. The molecule has 0 N–H and O–H groups in total. The zero-order chi connectivity index (χ0) is 14.0. The van der Waals surface area contributed by atoms with Gasteiger partial charge in [-0.15, -0.1) is 0 Å². The Morgan fingerprint density at radius 3 is 0.706 bits per heavy atom. The predicted octanol–water partition coefficient (Wildman–Crippen LogP) is 0.100. The summed E-state index contributed by atoms with van der Waals surface area (Å²) in [5.41, 5.74) is -11.3. The smallest absolute Gasteiger partial charge is 0.741 e. The van der Waals surface area contributed by atoms with Crippen molar-refractivity contribution in [2.45, 2.75) is 11.0 Å². The average Bonchev–Trinajstić information content (AvgIpc) is 1.77. The molecule has 0 fully saturated rings. The Bertz CT molecular complexity index is 374. The minimum Gasteiger partial charge on any atom is -0.741 e. The molecule has 0 aromatic heterocycles. The molecule has 0 bridgehead atoms. The first-order valence-electron chi connectivity index (χ1n) is 2.54. The van der Waals surface area contributed by atoms with E-state index in [1.807, 2.05) is 0 Å². The van der Waals surface area contributed by atoms with Crippen LogP contribution in [-0.2, 0) is 46.4 Å². The summed E-state index contributed by atoms with van der Waals surface area (Å²) in [6.45, 7) is 0. The van der Waals surface area contributed by atoms with Gasteiger partial charge in [-0.3, -0.25) is 0 Å². The van der Waals surface area contributed by atoms with Gasteiger partial charge in [-0.1, -0.05) is 0 Å². The molecular formula is C2F6O6S2Zr. The van der Waals surface area contributed by atoms with Crippen LogP contribution in [0.4, 0.5) is 26.3 Å². The molecule has 0 spiro atoms. The molecule has 0 amide bonds. The van der Waals surface area contributed by atoms with E-state index in [9.17, 15) is 26.3 Å². The van der Waals surface area contributed by atoms with Crippen molar-refractivity contribution in [3.8, 4) is 0 Å². The fourth-order valence-electron chi connectivity index (χ4n) is 0. The van der Waals surface area contributed by atoms with E-state index in [-0.39, 0.29) is 26.2 Å². The van der Waals surface area contributed by atoms with Gasteiger partial charge >= 0.3 is 37.2 Å². The van der Waals surface area contributed by atoms with Crippen LogP contribution in [0.25, 0.3) is 0 Å². The van der Waals surface area contributed by atoms with Gasteiger partial charge in [-0.05, 0) is 0 Å². The van der Waals surface area contributed by atoms with Gasteiger partial charge in [0.2, 0.25) is 0 Å². The zero-order valence-corrected chi connectivity index (χ0v) is 11.1. The fourth-order valence-corrected chi connectivity index (χ4v) is 0. The SMILES string of the molecule is O=S(=O)([O-])C(F)(F)F.O=S(=O)([O-])C(F)(F)F.[Zr+2]. The zero-order valence-electron chi connectivity index (χ0n) is 7.03. The van der Waals surface area contributed by atoms with Gasteiger partial charge in [0.05, 0.1) is 0 Å². The molecule has 17 heavy (non-hydrogen) atoms. The van der Waals surface area contributed by atoms with E-state index >= 15 is 0 Å². The van der Waals surface area contributed by atoms with Crippen LogP contribution in [0.2, 0.25) is 0 Å². The van der Waals surface area contributed by atoms with E-state index in [1.165, 1.54) is 0 Å². The number of rotatable bonds is 0. The van der Waals surface area contributed by atoms with Crippen molar-refractivity contribution in [1.82, 2.24) is 0 Å². The molecule has 0 saturated carbocycles. The van der Waals surface area contributed by atoms with Crippen LogP contribution in [-0.4, -0.2) is 37.0 Å². The molecule has 0 aliphatic rings. The molecule has 0 aromatic carbocycles. The quantitative estimate of drug-likeness (QED) is 0.330. The number of alkyl halides is 6. The molecule has 0 aromatic rings. The second kappa shape index (κ2) is 6.45. The van der Waals surface area contributed by atoms with Gasteiger partial charge in [0.1, 0.15) is 0 Å². The van der Waals surface area contributed by atoms with Gasteiger partial charge in [0.25, 0.3) is 0 Å². The Balaban J connectivity index is -0.000000218. The Hall–Kier alpha value is 0.283. The number of hydrogen-bond donors (Lipinski definition) is 0. The Morgan fingerprint density at radius 2 is 0.706 bits per heavy atom. The third-order valence-corrected chi connectivity index (χ3v) is 1.70. The maximum absolute atomic E-state index is 10.7. The van der Waals surface area contributed by atoms with Crippen LogP contribution in [0, 0.1) is 0 Å². The number of hydrogen-bond acceptors (Lipinski definition) is 6. The summed E-state index contributed by atoms with van der Waals surface area (Å²) in [7, 11) is -12.2. The summed E-state index contributed by atoms with van der Waals surface area (Å²) in [5.74, 6) is 0. The first-order chi connectivity index (χ1) is 6.50. The van der Waals surface area contributed by atoms with E-state index in [0.29, 0.717) is 0 Å². The second-order valence-corrected chi connectivity index (χ2v) is 4.54. The summed E-state index contributed by atoms with van der Waals surface area (Å²) in [6.07, 6.45) is 0. The molecule has 0 atom stereocenters. The van der Waals surface area contributed by atoms with E-state index < -0.39 is 31.3 Å². The maximum Gasteiger partial charge on any atom is 2.00 e. The summed E-state index contributed by atoms with van der Waals surface area (Å²) in [5, 5.41) is 0. The Labute approximate surface area is 110 Å². The van der Waals surface area contributed by atoms with Crippen molar-refractivity contribution in [2.75, 3.05) is 0 Å². The summed E-state index contributed by atoms with van der Waals surface area (Å²) < 4.78 is 118. The molecule has 6 nitrogen and oxygen atoms in total. The predicted molar refractivity (Wildman–Crippen MR) is 31.5 cm³/mol. The van der Waals surface area contributed by atoms with Gasteiger partial charge in [-0.2, -0.15) is 26.3 Å². The molecular weight excluding hydrogens is 389 g/mol. The monoisotopic (exact) mass is 388 g/mol. The van der Waals surface area contributed by atoms with Crippen LogP contribution < -0.4 is 0 Å². The van der Waals surface area contributed by atoms with Crippen molar-refractivity contribution < 1.29 is 78.5 Å². The largest absolute Gasteiger partial charge is 2.00 e. The average molecular weight is 389 g/mol.